The quantitative estimate of drug-likeness (QED) is 0.231. The van der Waals surface area contributed by atoms with Crippen molar-refractivity contribution < 1.29 is 37.9 Å². The minimum atomic E-state index is -1.68. The molecule has 1 aromatic carbocycles. The van der Waals surface area contributed by atoms with Gasteiger partial charge in [-0.05, 0) is 55.8 Å². The largest absolute Gasteiger partial charge is 0.472 e. The number of ether oxygens (including phenoxy) is 2. The van der Waals surface area contributed by atoms with E-state index >= 15 is 4.39 Å². The number of piperidine rings is 1. The van der Waals surface area contributed by atoms with Crippen LogP contribution in [0.3, 0.4) is 0 Å². The summed E-state index contributed by atoms with van der Waals surface area (Å²) in [6.07, 6.45) is -0.759. The van der Waals surface area contributed by atoms with Gasteiger partial charge in [0.1, 0.15) is 23.8 Å². The normalized spacial score (nSPS) is 20.5. The second-order valence-electron chi connectivity index (χ2n) is 15.1. The second kappa shape index (κ2) is 15.2. The number of hydrogen-bond donors (Lipinski definition) is 1. The van der Waals surface area contributed by atoms with Gasteiger partial charge in [-0.1, -0.05) is 45.0 Å². The molecule has 2 saturated heterocycles. The average Bonchev–Trinajstić information content (AvgIpc) is 3.79. The zero-order valence-electron chi connectivity index (χ0n) is 30.0. The Morgan fingerprint density at radius 2 is 1.82 bits per heavy atom. The van der Waals surface area contributed by atoms with Crippen LogP contribution in [0.1, 0.15) is 96.1 Å². The Hall–Kier alpha value is -3.84. The second-order valence-corrected chi connectivity index (χ2v) is 15.9. The Bertz CT molecular complexity index is 1640. The number of thiazole rings is 1. The van der Waals surface area contributed by atoms with Crippen molar-refractivity contribution in [3.05, 3.63) is 52.9 Å². The van der Waals surface area contributed by atoms with Crippen LogP contribution >= 0.6 is 11.3 Å². The number of benzene rings is 1. The Labute approximate surface area is 297 Å². The van der Waals surface area contributed by atoms with E-state index in [1.54, 1.807) is 32.1 Å². The van der Waals surface area contributed by atoms with Gasteiger partial charge in [-0.3, -0.25) is 9.59 Å². The van der Waals surface area contributed by atoms with Crippen molar-refractivity contribution in [3.8, 4) is 16.3 Å². The Morgan fingerprint density at radius 1 is 1.14 bits per heavy atom. The lowest BCUT2D eigenvalue weighted by Crippen LogP contribution is -2.48. The van der Waals surface area contributed by atoms with Gasteiger partial charge in [0.05, 0.1) is 28.2 Å². The molecule has 0 unspecified atom stereocenters. The average molecular weight is 713 g/mol. The molecule has 2 aliphatic heterocycles. The number of alkyl halides is 1. The van der Waals surface area contributed by atoms with E-state index in [1.807, 2.05) is 57.5 Å². The van der Waals surface area contributed by atoms with Gasteiger partial charge in [0.25, 0.3) is 5.88 Å². The fourth-order valence-electron chi connectivity index (χ4n) is 6.63. The molecule has 0 spiro atoms. The number of aliphatic hydroxyl groups excluding tert-OH is 1. The molecule has 0 aliphatic carbocycles. The van der Waals surface area contributed by atoms with Gasteiger partial charge in [0, 0.05) is 51.4 Å². The third-order valence-corrected chi connectivity index (χ3v) is 10.4. The highest BCUT2D eigenvalue weighted by molar-refractivity contribution is 7.13. The lowest BCUT2D eigenvalue weighted by molar-refractivity contribution is -0.140. The van der Waals surface area contributed by atoms with Crippen LogP contribution in [0, 0.1) is 12.8 Å². The first-order chi connectivity index (χ1) is 23.5. The number of rotatable bonds is 11. The van der Waals surface area contributed by atoms with Gasteiger partial charge in [0.2, 0.25) is 5.91 Å². The summed E-state index contributed by atoms with van der Waals surface area (Å²) in [5, 5.41) is 14.6. The lowest BCUT2D eigenvalue weighted by Gasteiger charge is -2.36. The summed E-state index contributed by atoms with van der Waals surface area (Å²) in [4.78, 5) is 48.5. The minimum Gasteiger partial charge on any atom is -0.472 e. The molecule has 5 rings (SSSR count). The van der Waals surface area contributed by atoms with Crippen molar-refractivity contribution in [2.45, 2.75) is 109 Å². The van der Waals surface area contributed by atoms with Crippen LogP contribution in [0.15, 0.2) is 40.4 Å². The van der Waals surface area contributed by atoms with Crippen LogP contribution in [-0.2, 0) is 14.3 Å². The molecule has 2 fully saturated rings. The molecule has 50 heavy (non-hydrogen) atoms. The molecule has 2 aromatic heterocycles. The highest BCUT2D eigenvalue weighted by atomic mass is 32.1. The SMILES string of the molecule is Cc1ncsc1-c1ccc([C@H](C)CC(=O)[C@@H]2C[C@@H](O)CN2C(=O)[C@H](c2cc(OCC3(F)CCN(C(=O)OC(C)(C)C)CC3)no2)C(C)C)cc1. The molecular formula is C37H49FN4O7S. The number of aryl methyl sites for hydroxylation is 1. The van der Waals surface area contributed by atoms with Gasteiger partial charge >= 0.3 is 6.09 Å². The molecular weight excluding hydrogens is 663 g/mol. The zero-order chi connectivity index (χ0) is 36.4. The number of hydrogen-bond acceptors (Lipinski definition) is 10. The van der Waals surface area contributed by atoms with E-state index in [2.05, 4.69) is 10.1 Å². The topological polar surface area (TPSA) is 135 Å². The maximum atomic E-state index is 15.6. The number of halogens is 1. The molecule has 2 aliphatic rings. The van der Waals surface area contributed by atoms with Crippen molar-refractivity contribution in [3.63, 3.8) is 0 Å². The third-order valence-electron chi connectivity index (χ3n) is 9.46. The van der Waals surface area contributed by atoms with Crippen LogP contribution in [0.4, 0.5) is 9.18 Å². The summed E-state index contributed by atoms with van der Waals surface area (Å²) in [6.45, 7) is 13.2. The van der Waals surface area contributed by atoms with E-state index in [0.717, 1.165) is 21.7 Å². The number of nitrogens with zero attached hydrogens (tertiary/aromatic N) is 4. The molecule has 11 nitrogen and oxygen atoms in total. The van der Waals surface area contributed by atoms with E-state index in [4.69, 9.17) is 14.0 Å². The van der Waals surface area contributed by atoms with Gasteiger partial charge in [-0.2, -0.15) is 0 Å². The van der Waals surface area contributed by atoms with Crippen LogP contribution in [0.2, 0.25) is 0 Å². The molecule has 2 amide bonds. The molecule has 4 atom stereocenters. The fourth-order valence-corrected chi connectivity index (χ4v) is 7.44. The maximum absolute atomic E-state index is 15.6. The van der Waals surface area contributed by atoms with Crippen LogP contribution in [0.5, 0.6) is 5.88 Å². The molecule has 1 N–H and O–H groups in total. The number of aromatic nitrogens is 2. The molecule has 3 aromatic rings. The fraction of sp³-hybridized carbons (Fsp3) is 0.595. The first-order valence-electron chi connectivity index (χ1n) is 17.3. The third kappa shape index (κ3) is 8.90. The molecule has 0 saturated carbocycles. The first-order valence-corrected chi connectivity index (χ1v) is 18.2. The summed E-state index contributed by atoms with van der Waals surface area (Å²) < 4.78 is 32.3. The summed E-state index contributed by atoms with van der Waals surface area (Å²) in [6, 6.07) is 8.85. The van der Waals surface area contributed by atoms with Gasteiger partial charge in [0.15, 0.2) is 11.5 Å². The highest BCUT2D eigenvalue weighted by Crippen LogP contribution is 2.35. The van der Waals surface area contributed by atoms with Crippen LogP contribution in [0.25, 0.3) is 10.4 Å². The van der Waals surface area contributed by atoms with E-state index in [9.17, 15) is 19.5 Å². The number of carbonyl (C=O) groups is 3. The molecule has 4 heterocycles. The molecule has 0 bridgehead atoms. The summed E-state index contributed by atoms with van der Waals surface area (Å²) in [5.41, 5.74) is 2.58. The predicted octanol–water partition coefficient (Wildman–Crippen LogP) is 6.69. The van der Waals surface area contributed by atoms with Crippen LogP contribution in [-0.4, -0.2) is 92.5 Å². The van der Waals surface area contributed by atoms with Gasteiger partial charge in [-0.25, -0.2) is 14.2 Å². The molecule has 13 heteroatoms. The zero-order valence-corrected chi connectivity index (χ0v) is 30.8. The lowest BCUT2D eigenvalue weighted by atomic mass is 9.89. The van der Waals surface area contributed by atoms with E-state index in [-0.39, 0.29) is 87.1 Å². The molecule has 0 radical (unpaired) electrons. The number of β-amino-alcohol motifs (C(OH)–C–C–N with tert-alkyl or cyclic N) is 1. The van der Waals surface area contributed by atoms with E-state index < -0.39 is 35.4 Å². The number of likely N-dealkylation sites (tertiary alicyclic amines) is 2. The Balaban J connectivity index is 1.19. The number of ketones is 1. The number of carbonyl (C=O) groups excluding carboxylic acids is 3. The van der Waals surface area contributed by atoms with E-state index in [1.165, 1.54) is 15.9 Å². The monoisotopic (exact) mass is 712 g/mol. The van der Waals surface area contributed by atoms with Crippen molar-refractivity contribution >= 4 is 29.1 Å². The Morgan fingerprint density at radius 3 is 2.42 bits per heavy atom. The maximum Gasteiger partial charge on any atom is 0.410 e. The van der Waals surface area contributed by atoms with E-state index in [0.29, 0.717) is 0 Å². The standard InChI is InChI=1S/C37H49FN4O7S/c1-22(2)32(30-18-31(40-49-30)47-20-37(38)12-14-41(15-13-37)35(46)48-36(5,6)7)34(45)42-19-27(43)17-28(42)29(44)16-23(3)25-8-10-26(11-9-25)33-24(4)39-21-50-33/h8-11,18,21-23,27-28,32,43H,12-17,19-20H2,1-7H3/t23-,27-,28+,32+/m1/s1. The summed E-state index contributed by atoms with van der Waals surface area (Å²) in [7, 11) is 0. The van der Waals surface area contributed by atoms with Gasteiger partial charge in [-0.15, -0.1) is 11.3 Å². The van der Waals surface area contributed by atoms with Crippen molar-refractivity contribution in [1.82, 2.24) is 19.9 Å². The van der Waals surface area contributed by atoms with Crippen molar-refractivity contribution in [2.24, 2.45) is 5.92 Å². The van der Waals surface area contributed by atoms with Crippen molar-refractivity contribution in [1.29, 1.82) is 0 Å². The van der Waals surface area contributed by atoms with Crippen molar-refractivity contribution in [2.75, 3.05) is 26.2 Å². The van der Waals surface area contributed by atoms with Crippen LogP contribution < -0.4 is 4.74 Å². The molecule has 272 valence electrons. The van der Waals surface area contributed by atoms with Gasteiger partial charge < -0.3 is 28.9 Å². The number of aliphatic hydroxyl groups is 1. The Kier molecular flexibility index (Phi) is 11.4. The summed E-state index contributed by atoms with van der Waals surface area (Å²) in [5.74, 6) is -1.29. The smallest absolute Gasteiger partial charge is 0.410 e. The summed E-state index contributed by atoms with van der Waals surface area (Å²) >= 11 is 1.59. The first kappa shape index (κ1) is 37.4. The highest BCUT2D eigenvalue weighted by Gasteiger charge is 2.44. The predicted molar refractivity (Wildman–Crippen MR) is 187 cm³/mol. The minimum absolute atomic E-state index is 0.0396. The number of amides is 2. The number of Topliss-reactive ketones (excluding diaryl/α,β-unsaturated/α-hetero) is 1.